The smallest absolute Gasteiger partial charge is 0.349 e. The Balaban J connectivity index is 2.22. The Hall–Kier alpha value is -2.20. The molecule has 0 saturated carbocycles. The van der Waals surface area contributed by atoms with E-state index in [0.717, 1.165) is 0 Å². The van der Waals surface area contributed by atoms with Crippen molar-refractivity contribution in [2.24, 2.45) is 0 Å². The van der Waals surface area contributed by atoms with Gasteiger partial charge in [-0.05, 0) is 31.2 Å². The van der Waals surface area contributed by atoms with Crippen LogP contribution in [0.4, 0.5) is 0 Å². The van der Waals surface area contributed by atoms with Crippen molar-refractivity contribution in [2.75, 3.05) is 6.61 Å². The summed E-state index contributed by atoms with van der Waals surface area (Å²) in [5.41, 5.74) is 0.522. The zero-order valence-corrected chi connectivity index (χ0v) is 12.2. The lowest BCUT2D eigenvalue weighted by Gasteiger charge is -2.16. The zero-order chi connectivity index (χ0) is 15.2. The van der Waals surface area contributed by atoms with E-state index in [2.05, 4.69) is 0 Å². The van der Waals surface area contributed by atoms with Crippen LogP contribution in [0, 0.1) is 0 Å². The molecule has 0 aliphatic heterocycles. The zero-order valence-electron chi connectivity index (χ0n) is 11.5. The minimum Gasteiger partial charge on any atom is -0.494 e. The van der Waals surface area contributed by atoms with Crippen LogP contribution in [0.2, 0.25) is 5.02 Å². The summed E-state index contributed by atoms with van der Waals surface area (Å²) >= 11 is 5.81. The van der Waals surface area contributed by atoms with E-state index in [1.165, 1.54) is 0 Å². The van der Waals surface area contributed by atoms with Gasteiger partial charge in [0, 0.05) is 16.7 Å². The topological polar surface area (TPSA) is 55.8 Å². The fourth-order valence-corrected chi connectivity index (χ4v) is 1.96. The molecule has 0 aliphatic rings. The largest absolute Gasteiger partial charge is 0.494 e. The van der Waals surface area contributed by atoms with E-state index in [4.69, 9.17) is 21.1 Å². The Bertz CT molecular complexity index is 610. The Kier molecular flexibility index (Phi) is 5.06. The van der Waals surface area contributed by atoms with Crippen molar-refractivity contribution in [2.45, 2.75) is 13.0 Å². The molecule has 1 atom stereocenters. The maximum absolute atomic E-state index is 11.4. The Labute approximate surface area is 127 Å². The first kappa shape index (κ1) is 15.2. The highest BCUT2D eigenvalue weighted by molar-refractivity contribution is 6.30. The summed E-state index contributed by atoms with van der Waals surface area (Å²) in [5, 5.41) is 9.88. The molecule has 21 heavy (non-hydrogen) atoms. The molecule has 0 amide bonds. The number of aliphatic carboxylic acids is 1. The lowest BCUT2D eigenvalue weighted by molar-refractivity contribution is -0.145. The maximum Gasteiger partial charge on any atom is 0.349 e. The van der Waals surface area contributed by atoms with Crippen molar-refractivity contribution in [3.63, 3.8) is 0 Å². The highest BCUT2D eigenvalue weighted by atomic mass is 35.5. The van der Waals surface area contributed by atoms with E-state index < -0.39 is 12.1 Å². The second-order valence-corrected chi connectivity index (χ2v) is 4.73. The standard InChI is InChI=1S/C16H15ClO4/c1-2-20-13-4-3-5-14(10-13)21-15(16(18)19)11-6-8-12(17)9-7-11/h3-10,15H,2H2,1H3,(H,18,19). The Morgan fingerprint density at radius 3 is 2.48 bits per heavy atom. The van der Waals surface area contributed by atoms with Gasteiger partial charge in [0.15, 0.2) is 0 Å². The summed E-state index contributed by atoms with van der Waals surface area (Å²) in [4.78, 5) is 11.4. The number of carboxylic acid groups (broad SMARTS) is 1. The molecule has 0 heterocycles. The van der Waals surface area contributed by atoms with Gasteiger partial charge in [-0.15, -0.1) is 0 Å². The Morgan fingerprint density at radius 2 is 1.86 bits per heavy atom. The molecule has 0 fully saturated rings. The number of benzene rings is 2. The summed E-state index contributed by atoms with van der Waals surface area (Å²) in [6.45, 7) is 2.41. The summed E-state index contributed by atoms with van der Waals surface area (Å²) in [7, 11) is 0. The number of rotatable bonds is 6. The van der Waals surface area contributed by atoms with E-state index >= 15 is 0 Å². The van der Waals surface area contributed by atoms with Crippen molar-refractivity contribution >= 4 is 17.6 Å². The molecule has 1 N–H and O–H groups in total. The summed E-state index contributed by atoms with van der Waals surface area (Å²) in [5.74, 6) is -0.00215. The summed E-state index contributed by atoms with van der Waals surface area (Å²) in [6.07, 6.45) is -1.10. The molecule has 2 aromatic rings. The average Bonchev–Trinajstić information content (AvgIpc) is 2.46. The number of carbonyl (C=O) groups is 1. The fraction of sp³-hybridized carbons (Fsp3) is 0.188. The van der Waals surface area contributed by atoms with Gasteiger partial charge in [-0.1, -0.05) is 29.8 Å². The highest BCUT2D eigenvalue weighted by Crippen LogP contribution is 2.26. The molecule has 0 aromatic heterocycles. The monoisotopic (exact) mass is 306 g/mol. The van der Waals surface area contributed by atoms with Gasteiger partial charge in [-0.2, -0.15) is 0 Å². The molecule has 1 unspecified atom stereocenters. The maximum atomic E-state index is 11.4. The molecule has 0 aliphatic carbocycles. The van der Waals surface area contributed by atoms with Crippen LogP contribution in [-0.4, -0.2) is 17.7 Å². The van der Waals surface area contributed by atoms with E-state index in [1.807, 2.05) is 6.92 Å². The number of ether oxygens (including phenoxy) is 2. The van der Waals surface area contributed by atoms with Crippen LogP contribution in [0.3, 0.4) is 0 Å². The first-order valence-corrected chi connectivity index (χ1v) is 6.85. The second-order valence-electron chi connectivity index (χ2n) is 4.30. The van der Waals surface area contributed by atoms with E-state index in [9.17, 15) is 9.90 Å². The minimum atomic E-state index is -1.10. The third-order valence-corrected chi connectivity index (χ3v) is 3.02. The predicted octanol–water partition coefficient (Wildman–Crippen LogP) is 3.94. The number of hydrogen-bond acceptors (Lipinski definition) is 3. The summed E-state index contributed by atoms with van der Waals surface area (Å²) < 4.78 is 10.9. The van der Waals surface area contributed by atoms with Gasteiger partial charge < -0.3 is 14.6 Å². The van der Waals surface area contributed by atoms with Crippen LogP contribution < -0.4 is 9.47 Å². The van der Waals surface area contributed by atoms with Gasteiger partial charge in [0.2, 0.25) is 6.10 Å². The van der Waals surface area contributed by atoms with Crippen LogP contribution in [0.15, 0.2) is 48.5 Å². The molecule has 110 valence electrons. The van der Waals surface area contributed by atoms with Gasteiger partial charge in [0.1, 0.15) is 11.5 Å². The van der Waals surface area contributed by atoms with E-state index in [-0.39, 0.29) is 0 Å². The molecular formula is C16H15ClO4. The Morgan fingerprint density at radius 1 is 1.19 bits per heavy atom. The third kappa shape index (κ3) is 4.13. The van der Waals surface area contributed by atoms with Gasteiger partial charge in [-0.25, -0.2) is 4.79 Å². The minimum absolute atomic E-state index is 0.434. The first-order chi connectivity index (χ1) is 10.1. The van der Waals surface area contributed by atoms with E-state index in [1.54, 1.807) is 48.5 Å². The number of hydrogen-bond donors (Lipinski definition) is 1. The summed E-state index contributed by atoms with van der Waals surface area (Å²) in [6, 6.07) is 13.4. The quantitative estimate of drug-likeness (QED) is 0.878. The number of halogens is 1. The molecule has 0 bridgehead atoms. The molecule has 0 radical (unpaired) electrons. The molecular weight excluding hydrogens is 292 g/mol. The second kappa shape index (κ2) is 6.99. The molecule has 4 nitrogen and oxygen atoms in total. The molecule has 5 heteroatoms. The molecule has 2 aromatic carbocycles. The predicted molar refractivity (Wildman–Crippen MR) is 80.1 cm³/mol. The van der Waals surface area contributed by atoms with Crippen molar-refractivity contribution in [1.82, 2.24) is 0 Å². The van der Waals surface area contributed by atoms with Crippen LogP contribution in [0.25, 0.3) is 0 Å². The van der Waals surface area contributed by atoms with Gasteiger partial charge in [0.05, 0.1) is 6.61 Å². The lowest BCUT2D eigenvalue weighted by Crippen LogP contribution is -2.18. The lowest BCUT2D eigenvalue weighted by atomic mass is 10.1. The molecule has 0 spiro atoms. The normalized spacial score (nSPS) is 11.7. The SMILES string of the molecule is CCOc1cccc(OC(C(=O)O)c2ccc(Cl)cc2)c1. The van der Waals surface area contributed by atoms with Gasteiger partial charge in [-0.3, -0.25) is 0 Å². The van der Waals surface area contributed by atoms with Crippen molar-refractivity contribution in [3.05, 3.63) is 59.1 Å². The third-order valence-electron chi connectivity index (χ3n) is 2.77. The highest BCUT2D eigenvalue weighted by Gasteiger charge is 2.22. The molecule has 2 rings (SSSR count). The van der Waals surface area contributed by atoms with Crippen molar-refractivity contribution in [1.29, 1.82) is 0 Å². The van der Waals surface area contributed by atoms with Crippen molar-refractivity contribution < 1.29 is 19.4 Å². The van der Waals surface area contributed by atoms with Crippen LogP contribution >= 0.6 is 11.6 Å². The van der Waals surface area contributed by atoms with Crippen LogP contribution in [-0.2, 0) is 4.79 Å². The fourth-order valence-electron chi connectivity index (χ4n) is 1.84. The van der Waals surface area contributed by atoms with Crippen molar-refractivity contribution in [3.8, 4) is 11.5 Å². The van der Waals surface area contributed by atoms with Crippen LogP contribution in [0.1, 0.15) is 18.6 Å². The van der Waals surface area contributed by atoms with E-state index in [0.29, 0.717) is 28.7 Å². The van der Waals surface area contributed by atoms with Gasteiger partial charge in [0.25, 0.3) is 0 Å². The average molecular weight is 307 g/mol. The first-order valence-electron chi connectivity index (χ1n) is 6.48. The number of carboxylic acids is 1. The molecule has 0 saturated heterocycles. The van der Waals surface area contributed by atoms with Gasteiger partial charge >= 0.3 is 5.97 Å². The van der Waals surface area contributed by atoms with Crippen LogP contribution in [0.5, 0.6) is 11.5 Å².